The Morgan fingerprint density at radius 1 is 0.333 bits per heavy atom. The highest BCUT2D eigenvalue weighted by atomic mass is 16.6. The summed E-state index contributed by atoms with van der Waals surface area (Å²) in [7, 11) is 0. The van der Waals surface area contributed by atoms with Crippen LogP contribution >= 0.6 is 0 Å². The molecule has 0 radical (unpaired) electrons. The fraction of sp³-hybridized carbons (Fsp3) is 0.596. The summed E-state index contributed by atoms with van der Waals surface area (Å²) in [5.74, 6) is -1.04. The van der Waals surface area contributed by atoms with Gasteiger partial charge >= 0.3 is 17.9 Å². The molecule has 354 valence electrons. The SMILES string of the molecule is CC/C=C\C/C=C\C/C=C\C/C=C\C/C=C\C/C=C\CCC(=O)O[C@H](COC(=O)CCCCCCC/C=C\C/C=C\C/C=C\CC)COC(=O)CCCCCCC/C=C\CCCC. The normalized spacial score (nSPS) is 13.1. The molecule has 0 amide bonds. The van der Waals surface area contributed by atoms with Crippen molar-refractivity contribution in [3.63, 3.8) is 0 Å². The summed E-state index contributed by atoms with van der Waals surface area (Å²) >= 11 is 0. The first-order chi connectivity index (χ1) is 31.0. The molecular formula is C57H90O6. The van der Waals surface area contributed by atoms with Crippen LogP contribution in [0.3, 0.4) is 0 Å². The van der Waals surface area contributed by atoms with E-state index in [-0.39, 0.29) is 31.6 Å². The van der Waals surface area contributed by atoms with E-state index in [0.717, 1.165) is 128 Å². The second kappa shape index (κ2) is 50.5. The van der Waals surface area contributed by atoms with Crippen LogP contribution in [-0.4, -0.2) is 37.2 Å². The molecule has 0 saturated heterocycles. The zero-order valence-corrected chi connectivity index (χ0v) is 40.3. The van der Waals surface area contributed by atoms with E-state index in [1.807, 2.05) is 12.2 Å². The van der Waals surface area contributed by atoms with Gasteiger partial charge in [0.1, 0.15) is 13.2 Å². The molecular weight excluding hydrogens is 781 g/mol. The van der Waals surface area contributed by atoms with Gasteiger partial charge in [0, 0.05) is 19.3 Å². The number of carbonyl (C=O) groups is 3. The van der Waals surface area contributed by atoms with Gasteiger partial charge in [0.05, 0.1) is 0 Å². The maximum Gasteiger partial charge on any atom is 0.306 e. The molecule has 0 unspecified atom stereocenters. The first-order valence-corrected chi connectivity index (χ1v) is 25.0. The third-order valence-electron chi connectivity index (χ3n) is 9.94. The number of hydrogen-bond acceptors (Lipinski definition) is 6. The molecule has 1 atom stereocenters. The van der Waals surface area contributed by atoms with Crippen LogP contribution in [0.4, 0.5) is 0 Å². The summed E-state index contributed by atoms with van der Waals surface area (Å²) in [6.07, 6.45) is 69.1. The minimum Gasteiger partial charge on any atom is -0.462 e. The molecule has 0 aromatic carbocycles. The van der Waals surface area contributed by atoms with Gasteiger partial charge < -0.3 is 14.2 Å². The Morgan fingerprint density at radius 3 is 1.05 bits per heavy atom. The molecule has 0 aromatic heterocycles. The Kier molecular flexibility index (Phi) is 47.1. The lowest BCUT2D eigenvalue weighted by atomic mass is 10.1. The highest BCUT2D eigenvalue weighted by molar-refractivity contribution is 5.71. The van der Waals surface area contributed by atoms with E-state index in [4.69, 9.17) is 14.2 Å². The first kappa shape index (κ1) is 58.8. The van der Waals surface area contributed by atoms with Gasteiger partial charge in [-0.15, -0.1) is 0 Å². The van der Waals surface area contributed by atoms with Crippen LogP contribution < -0.4 is 0 Å². The molecule has 0 fully saturated rings. The summed E-state index contributed by atoms with van der Waals surface area (Å²) < 4.78 is 16.7. The molecule has 6 heteroatoms. The molecule has 0 bridgehead atoms. The molecule has 0 aliphatic rings. The topological polar surface area (TPSA) is 78.9 Å². The Labute approximate surface area is 386 Å². The Morgan fingerprint density at radius 2 is 0.651 bits per heavy atom. The van der Waals surface area contributed by atoms with Crippen LogP contribution in [0.2, 0.25) is 0 Å². The number of unbranched alkanes of at least 4 members (excludes halogenated alkanes) is 12. The molecule has 63 heavy (non-hydrogen) atoms. The lowest BCUT2D eigenvalue weighted by molar-refractivity contribution is -0.166. The molecule has 0 aliphatic carbocycles. The van der Waals surface area contributed by atoms with Crippen LogP contribution in [0.25, 0.3) is 0 Å². The quantitative estimate of drug-likeness (QED) is 0.0263. The maximum atomic E-state index is 12.8. The van der Waals surface area contributed by atoms with Crippen molar-refractivity contribution >= 4 is 17.9 Å². The van der Waals surface area contributed by atoms with Gasteiger partial charge in [0.2, 0.25) is 0 Å². The van der Waals surface area contributed by atoms with Crippen molar-refractivity contribution in [3.8, 4) is 0 Å². The number of allylic oxidation sites excluding steroid dienone is 20. The van der Waals surface area contributed by atoms with E-state index in [2.05, 4.69) is 130 Å². The van der Waals surface area contributed by atoms with Crippen molar-refractivity contribution < 1.29 is 28.6 Å². The van der Waals surface area contributed by atoms with E-state index < -0.39 is 12.1 Å². The largest absolute Gasteiger partial charge is 0.462 e. The van der Waals surface area contributed by atoms with E-state index >= 15 is 0 Å². The van der Waals surface area contributed by atoms with E-state index in [1.165, 1.54) is 25.7 Å². The summed E-state index contributed by atoms with van der Waals surface area (Å²) in [5, 5.41) is 0. The fourth-order valence-corrected chi connectivity index (χ4v) is 6.23. The molecule has 0 aliphatic heterocycles. The highest BCUT2D eigenvalue weighted by Crippen LogP contribution is 2.12. The smallest absolute Gasteiger partial charge is 0.306 e. The second-order valence-electron chi connectivity index (χ2n) is 16.0. The van der Waals surface area contributed by atoms with Gasteiger partial charge in [-0.3, -0.25) is 14.4 Å². The van der Waals surface area contributed by atoms with E-state index in [9.17, 15) is 14.4 Å². The molecule has 6 nitrogen and oxygen atoms in total. The predicted molar refractivity (Wildman–Crippen MR) is 269 cm³/mol. The molecule has 0 heterocycles. The summed E-state index contributed by atoms with van der Waals surface area (Å²) in [5.41, 5.74) is 0. The van der Waals surface area contributed by atoms with Crippen molar-refractivity contribution in [1.29, 1.82) is 0 Å². The van der Waals surface area contributed by atoms with Crippen molar-refractivity contribution in [2.24, 2.45) is 0 Å². The molecule has 0 rings (SSSR count). The van der Waals surface area contributed by atoms with Crippen molar-refractivity contribution in [2.45, 2.75) is 207 Å². The minimum absolute atomic E-state index is 0.122. The Bertz CT molecular complexity index is 1370. The van der Waals surface area contributed by atoms with Crippen molar-refractivity contribution in [1.82, 2.24) is 0 Å². The van der Waals surface area contributed by atoms with Crippen LogP contribution in [0.1, 0.15) is 201 Å². The van der Waals surface area contributed by atoms with E-state index in [0.29, 0.717) is 19.3 Å². The highest BCUT2D eigenvalue weighted by Gasteiger charge is 2.19. The van der Waals surface area contributed by atoms with E-state index in [1.54, 1.807) is 0 Å². The standard InChI is InChI=1S/C57H90O6/c1-4-7-10-13-16-19-22-24-26-27-28-29-31-33-36-39-42-45-48-51-57(60)63-54(52-61-55(58)49-46-43-40-37-34-21-18-15-12-9-6-3)53-62-56(59)50-47-44-41-38-35-32-30-25-23-20-17-14-11-8-5-2/h7-8,10-11,15-20,24-26,28-30,33,36,42,45,54H,4-6,9,12-14,21-23,27,31-32,34-35,37-41,43-44,46-53H2,1-3H3/b10-7-,11-8-,18-15-,19-16-,20-17-,26-24-,29-28-,30-25-,36-33-,45-42-/t54-/m0/s1. The van der Waals surface area contributed by atoms with Gasteiger partial charge in [-0.1, -0.05) is 194 Å². The Hall–Kier alpha value is -4.19. The van der Waals surface area contributed by atoms with Gasteiger partial charge in [-0.05, 0) is 109 Å². The summed E-state index contributed by atoms with van der Waals surface area (Å²) in [4.78, 5) is 37.9. The fourth-order valence-electron chi connectivity index (χ4n) is 6.23. The zero-order valence-electron chi connectivity index (χ0n) is 40.3. The molecule has 0 spiro atoms. The lowest BCUT2D eigenvalue weighted by Gasteiger charge is -2.18. The monoisotopic (exact) mass is 871 g/mol. The molecule has 0 saturated carbocycles. The van der Waals surface area contributed by atoms with Crippen molar-refractivity contribution in [2.75, 3.05) is 13.2 Å². The lowest BCUT2D eigenvalue weighted by Crippen LogP contribution is -2.30. The summed E-state index contributed by atoms with van der Waals surface area (Å²) in [6.45, 7) is 6.26. The van der Waals surface area contributed by atoms with Gasteiger partial charge in [0.15, 0.2) is 6.10 Å². The molecule has 0 aromatic rings. The average molecular weight is 871 g/mol. The Balaban J connectivity index is 4.56. The van der Waals surface area contributed by atoms with Crippen LogP contribution in [0.15, 0.2) is 122 Å². The van der Waals surface area contributed by atoms with Crippen molar-refractivity contribution in [3.05, 3.63) is 122 Å². The first-order valence-electron chi connectivity index (χ1n) is 25.0. The summed E-state index contributed by atoms with van der Waals surface area (Å²) in [6, 6.07) is 0. The minimum atomic E-state index is -0.831. The van der Waals surface area contributed by atoms with Gasteiger partial charge in [-0.2, -0.15) is 0 Å². The number of hydrogen-bond donors (Lipinski definition) is 0. The van der Waals surface area contributed by atoms with Crippen LogP contribution in [0.5, 0.6) is 0 Å². The number of carbonyl (C=O) groups excluding carboxylic acids is 3. The van der Waals surface area contributed by atoms with Crippen LogP contribution in [0, 0.1) is 0 Å². The number of ether oxygens (including phenoxy) is 3. The second-order valence-corrected chi connectivity index (χ2v) is 16.0. The number of rotatable bonds is 43. The third kappa shape index (κ3) is 48.7. The number of esters is 3. The van der Waals surface area contributed by atoms with Crippen LogP contribution in [-0.2, 0) is 28.6 Å². The van der Waals surface area contributed by atoms with Gasteiger partial charge in [0.25, 0.3) is 0 Å². The maximum absolute atomic E-state index is 12.8. The van der Waals surface area contributed by atoms with Gasteiger partial charge in [-0.25, -0.2) is 0 Å². The zero-order chi connectivity index (χ0) is 45.8. The average Bonchev–Trinajstić information content (AvgIpc) is 3.28. The predicted octanol–water partition coefficient (Wildman–Crippen LogP) is 16.5. The molecule has 0 N–H and O–H groups in total. The third-order valence-corrected chi connectivity index (χ3v) is 9.94.